The van der Waals surface area contributed by atoms with Gasteiger partial charge in [0, 0.05) is 30.9 Å². The average Bonchev–Trinajstić information content (AvgIpc) is 3.11. The Balaban J connectivity index is 1.66. The zero-order valence-corrected chi connectivity index (χ0v) is 16.1. The highest BCUT2D eigenvalue weighted by atomic mass is 32.2. The van der Waals surface area contributed by atoms with Crippen molar-refractivity contribution in [2.45, 2.75) is 24.3 Å². The van der Waals surface area contributed by atoms with E-state index >= 15 is 0 Å². The zero-order chi connectivity index (χ0) is 20.5. The molecule has 1 fully saturated rings. The van der Waals surface area contributed by atoms with E-state index in [1.807, 2.05) is 0 Å². The fourth-order valence-corrected chi connectivity index (χ4v) is 5.04. The van der Waals surface area contributed by atoms with Crippen LogP contribution in [-0.2, 0) is 10.0 Å². The summed E-state index contributed by atoms with van der Waals surface area (Å²) in [5.41, 5.74) is 1.21. The number of nitrogens with zero attached hydrogens (tertiary/aromatic N) is 2. The van der Waals surface area contributed by atoms with Crippen molar-refractivity contribution in [1.82, 2.24) is 9.29 Å². The number of hydrogen-bond acceptors (Lipinski definition) is 5. The van der Waals surface area contributed by atoms with Gasteiger partial charge in [-0.1, -0.05) is 12.1 Å². The van der Waals surface area contributed by atoms with Gasteiger partial charge in [-0.05, 0) is 30.5 Å². The number of piperidine rings is 1. The third kappa shape index (κ3) is 4.28. The van der Waals surface area contributed by atoms with E-state index < -0.39 is 21.6 Å². The first-order chi connectivity index (χ1) is 13.1. The number of carbonyl (C=O) groups excluding carboxylic acids is 1. The van der Waals surface area contributed by atoms with Crippen molar-refractivity contribution in [3.8, 4) is 10.4 Å². The van der Waals surface area contributed by atoms with E-state index in [0.29, 0.717) is 9.99 Å². The van der Waals surface area contributed by atoms with Gasteiger partial charge in [0.1, 0.15) is 0 Å². The summed E-state index contributed by atoms with van der Waals surface area (Å²) in [6, 6.07) is 6.31. The molecule has 152 valence electrons. The van der Waals surface area contributed by atoms with Gasteiger partial charge in [-0.3, -0.25) is 0 Å². The second-order valence-corrected chi connectivity index (χ2v) is 9.25. The van der Waals surface area contributed by atoms with E-state index in [4.69, 9.17) is 5.73 Å². The van der Waals surface area contributed by atoms with E-state index in [-0.39, 0.29) is 31.8 Å². The summed E-state index contributed by atoms with van der Waals surface area (Å²) in [5.74, 6) is -0.0887. The molecule has 1 aromatic heterocycles. The van der Waals surface area contributed by atoms with Crippen LogP contribution in [0.15, 0.2) is 30.5 Å². The molecule has 7 nitrogen and oxygen atoms in total. The van der Waals surface area contributed by atoms with E-state index in [1.165, 1.54) is 11.3 Å². The predicted molar refractivity (Wildman–Crippen MR) is 99.3 cm³/mol. The van der Waals surface area contributed by atoms with E-state index in [0.717, 1.165) is 15.4 Å². The standard InChI is InChI=1S/C16H17F3N4O3S2/c17-16(18,19)28(25,26)23-7-5-11(6-8-23)14-21-9-13(27-14)10-1-3-12(4-2-10)22-15(20)24/h1-4,9,11H,5-8H2,(H3,20,22,24). The number of nitrogens with two attached hydrogens (primary N) is 1. The number of halogens is 3. The molecule has 0 spiro atoms. The number of nitrogens with one attached hydrogen (secondary N) is 1. The number of urea groups is 1. The van der Waals surface area contributed by atoms with Crippen LogP contribution in [0.5, 0.6) is 0 Å². The first kappa shape index (κ1) is 20.6. The van der Waals surface area contributed by atoms with Crippen molar-refractivity contribution in [3.05, 3.63) is 35.5 Å². The van der Waals surface area contributed by atoms with Crippen LogP contribution in [0.25, 0.3) is 10.4 Å². The van der Waals surface area contributed by atoms with Crippen LogP contribution < -0.4 is 11.1 Å². The number of anilines is 1. The number of thiazole rings is 1. The van der Waals surface area contributed by atoms with Crippen molar-refractivity contribution in [2.75, 3.05) is 18.4 Å². The largest absolute Gasteiger partial charge is 0.511 e. The molecule has 1 aromatic carbocycles. The fraction of sp³-hybridized carbons (Fsp3) is 0.375. The third-order valence-corrected chi connectivity index (χ3v) is 7.23. The monoisotopic (exact) mass is 434 g/mol. The number of hydrogen-bond donors (Lipinski definition) is 2. The maximum atomic E-state index is 12.7. The first-order valence-electron chi connectivity index (χ1n) is 8.27. The second kappa shape index (κ2) is 7.68. The molecule has 3 N–H and O–H groups in total. The summed E-state index contributed by atoms with van der Waals surface area (Å²) in [5, 5.41) is 3.22. The van der Waals surface area contributed by atoms with Crippen molar-refractivity contribution in [1.29, 1.82) is 0 Å². The third-order valence-electron chi connectivity index (χ3n) is 4.40. The number of rotatable bonds is 4. The van der Waals surface area contributed by atoms with Crippen LogP contribution in [0.2, 0.25) is 0 Å². The van der Waals surface area contributed by atoms with Gasteiger partial charge in [0.2, 0.25) is 0 Å². The Bertz CT molecular complexity index is 950. The fourth-order valence-electron chi connectivity index (χ4n) is 2.96. The molecule has 2 heterocycles. The summed E-state index contributed by atoms with van der Waals surface area (Å²) in [6.07, 6.45) is 2.24. The summed E-state index contributed by atoms with van der Waals surface area (Å²) >= 11 is 1.41. The van der Waals surface area contributed by atoms with E-state index in [1.54, 1.807) is 30.5 Å². The van der Waals surface area contributed by atoms with Crippen molar-refractivity contribution >= 4 is 33.1 Å². The minimum Gasteiger partial charge on any atom is -0.351 e. The molecule has 0 aliphatic carbocycles. The van der Waals surface area contributed by atoms with Gasteiger partial charge in [0.05, 0.1) is 9.88 Å². The topological polar surface area (TPSA) is 105 Å². The molecule has 0 bridgehead atoms. The van der Waals surface area contributed by atoms with Crippen LogP contribution in [0.4, 0.5) is 23.7 Å². The maximum Gasteiger partial charge on any atom is 0.511 e. The van der Waals surface area contributed by atoms with Gasteiger partial charge in [0.25, 0.3) is 0 Å². The highest BCUT2D eigenvalue weighted by molar-refractivity contribution is 7.90. The quantitative estimate of drug-likeness (QED) is 0.770. The van der Waals surface area contributed by atoms with Gasteiger partial charge in [-0.25, -0.2) is 18.2 Å². The molecule has 2 aromatic rings. The van der Waals surface area contributed by atoms with Crippen molar-refractivity contribution in [2.24, 2.45) is 5.73 Å². The highest BCUT2D eigenvalue weighted by Gasteiger charge is 2.50. The molecule has 3 rings (SSSR count). The normalized spacial score (nSPS) is 16.8. The number of aromatic nitrogens is 1. The molecule has 0 saturated carbocycles. The molecular weight excluding hydrogens is 417 g/mol. The van der Waals surface area contributed by atoms with Gasteiger partial charge < -0.3 is 11.1 Å². The van der Waals surface area contributed by atoms with Crippen molar-refractivity contribution in [3.63, 3.8) is 0 Å². The molecule has 12 heteroatoms. The Morgan fingerprint density at radius 2 is 1.82 bits per heavy atom. The number of alkyl halides is 3. The Morgan fingerprint density at radius 3 is 2.36 bits per heavy atom. The molecule has 2 amide bonds. The number of carbonyl (C=O) groups is 1. The number of primary amides is 1. The predicted octanol–water partition coefficient (Wildman–Crippen LogP) is 3.33. The molecule has 0 unspecified atom stereocenters. The summed E-state index contributed by atoms with van der Waals surface area (Å²) < 4.78 is 61.4. The number of sulfonamides is 1. The lowest BCUT2D eigenvalue weighted by Gasteiger charge is -2.30. The van der Waals surface area contributed by atoms with Gasteiger partial charge in [-0.15, -0.1) is 11.3 Å². The lowest BCUT2D eigenvalue weighted by molar-refractivity contribution is -0.0494. The van der Waals surface area contributed by atoms with Crippen LogP contribution >= 0.6 is 11.3 Å². The SMILES string of the molecule is NC(=O)Nc1ccc(-c2cnc(C3CCN(S(=O)(=O)C(F)(F)F)CC3)s2)cc1. The zero-order valence-electron chi connectivity index (χ0n) is 14.4. The molecular formula is C16H17F3N4O3S2. The Kier molecular flexibility index (Phi) is 5.64. The molecule has 1 aliphatic heterocycles. The second-order valence-electron chi connectivity index (χ2n) is 6.25. The highest BCUT2D eigenvalue weighted by Crippen LogP contribution is 2.37. The van der Waals surface area contributed by atoms with Crippen LogP contribution in [0.1, 0.15) is 23.8 Å². The van der Waals surface area contributed by atoms with Crippen LogP contribution in [-0.4, -0.2) is 42.3 Å². The maximum absolute atomic E-state index is 12.7. The van der Waals surface area contributed by atoms with Crippen LogP contribution in [0.3, 0.4) is 0 Å². The first-order valence-corrected chi connectivity index (χ1v) is 10.5. The lowest BCUT2D eigenvalue weighted by atomic mass is 9.99. The van der Waals surface area contributed by atoms with Gasteiger partial charge in [-0.2, -0.15) is 17.5 Å². The summed E-state index contributed by atoms with van der Waals surface area (Å²) in [7, 11) is -5.28. The molecule has 1 saturated heterocycles. The van der Waals surface area contributed by atoms with Crippen LogP contribution in [0, 0.1) is 0 Å². The van der Waals surface area contributed by atoms with Crippen molar-refractivity contribution < 1.29 is 26.4 Å². The summed E-state index contributed by atoms with van der Waals surface area (Å²) in [4.78, 5) is 16.1. The van der Waals surface area contributed by atoms with E-state index in [2.05, 4.69) is 10.3 Å². The minimum atomic E-state index is -5.28. The number of benzene rings is 1. The molecule has 0 radical (unpaired) electrons. The summed E-state index contributed by atoms with van der Waals surface area (Å²) in [6.45, 7) is -0.371. The minimum absolute atomic E-state index is 0.0887. The average molecular weight is 434 g/mol. The number of amides is 2. The van der Waals surface area contributed by atoms with Gasteiger partial charge >= 0.3 is 21.6 Å². The Labute approximate surface area is 163 Å². The molecule has 1 aliphatic rings. The Morgan fingerprint density at radius 1 is 1.21 bits per heavy atom. The van der Waals surface area contributed by atoms with Gasteiger partial charge in [0.15, 0.2) is 0 Å². The molecule has 28 heavy (non-hydrogen) atoms. The van der Waals surface area contributed by atoms with E-state index in [9.17, 15) is 26.4 Å². The smallest absolute Gasteiger partial charge is 0.351 e. The Hall–Kier alpha value is -2.18. The lowest BCUT2D eigenvalue weighted by Crippen LogP contribution is -2.44. The molecule has 0 atom stereocenters.